The molecule has 3 aliphatic rings. The van der Waals surface area contributed by atoms with Gasteiger partial charge in [0.1, 0.15) is 16.9 Å². The van der Waals surface area contributed by atoms with Gasteiger partial charge in [0.25, 0.3) is 0 Å². The average molecular weight is 292 g/mol. The van der Waals surface area contributed by atoms with Gasteiger partial charge in [-0.15, -0.1) is 5.10 Å². The van der Waals surface area contributed by atoms with Gasteiger partial charge in [0, 0.05) is 35.9 Å². The zero-order valence-corrected chi connectivity index (χ0v) is 12.1. The fourth-order valence-corrected chi connectivity index (χ4v) is 4.90. The molecule has 2 unspecified atom stereocenters. The van der Waals surface area contributed by atoms with E-state index >= 15 is 0 Å². The maximum absolute atomic E-state index is 5.40. The molecule has 22 heavy (non-hydrogen) atoms. The Bertz CT molecular complexity index is 881. The fraction of sp³-hybridized carbons (Fsp3) is 0.412. The number of benzene rings is 1. The molecule has 0 radical (unpaired) electrons. The molecule has 3 aliphatic heterocycles. The number of nitrogens with zero attached hydrogens (tertiary/aromatic N) is 4. The SMILES string of the molecule is c1cc2cc(-c3cn(C45CC6CCC(C4)N65)nn3)ccc2o1. The van der Waals surface area contributed by atoms with E-state index in [-0.39, 0.29) is 5.66 Å². The number of piperidine rings is 1. The summed E-state index contributed by atoms with van der Waals surface area (Å²) in [6.07, 6.45) is 9.06. The Morgan fingerprint density at radius 3 is 2.86 bits per heavy atom. The number of furan rings is 1. The zero-order valence-electron chi connectivity index (χ0n) is 12.1. The van der Waals surface area contributed by atoms with Gasteiger partial charge in [-0.05, 0) is 37.1 Å². The first kappa shape index (κ1) is 11.4. The number of fused-ring (bicyclic) bond motifs is 1. The van der Waals surface area contributed by atoms with Crippen molar-refractivity contribution in [3.05, 3.63) is 36.7 Å². The van der Waals surface area contributed by atoms with Crippen molar-refractivity contribution in [2.45, 2.75) is 43.4 Å². The molecule has 3 aromatic rings. The molecular weight excluding hydrogens is 276 g/mol. The number of hydrogen-bond acceptors (Lipinski definition) is 4. The lowest BCUT2D eigenvalue weighted by molar-refractivity contribution is -0.225. The van der Waals surface area contributed by atoms with Gasteiger partial charge in [-0.3, -0.25) is 4.90 Å². The van der Waals surface area contributed by atoms with E-state index in [1.165, 1.54) is 25.7 Å². The average Bonchev–Trinajstić information content (AvgIpc) is 3.18. The van der Waals surface area contributed by atoms with Crippen molar-refractivity contribution in [2.24, 2.45) is 0 Å². The minimum Gasteiger partial charge on any atom is -0.464 e. The zero-order chi connectivity index (χ0) is 14.3. The normalized spacial score (nSPS) is 32.7. The van der Waals surface area contributed by atoms with Crippen molar-refractivity contribution in [2.75, 3.05) is 0 Å². The van der Waals surface area contributed by atoms with Crippen LogP contribution in [0.4, 0.5) is 0 Å². The second-order valence-corrected chi connectivity index (χ2v) is 6.90. The van der Waals surface area contributed by atoms with E-state index in [9.17, 15) is 0 Å². The van der Waals surface area contributed by atoms with Crippen molar-refractivity contribution in [3.63, 3.8) is 0 Å². The highest BCUT2D eigenvalue weighted by Gasteiger charge is 2.67. The quantitative estimate of drug-likeness (QED) is 0.728. The topological polar surface area (TPSA) is 47.1 Å². The van der Waals surface area contributed by atoms with Crippen molar-refractivity contribution in [3.8, 4) is 11.3 Å². The number of hydrogen-bond donors (Lipinski definition) is 0. The molecule has 2 aromatic heterocycles. The van der Waals surface area contributed by atoms with E-state index in [2.05, 4.69) is 38.2 Å². The lowest BCUT2D eigenvalue weighted by Gasteiger charge is -2.65. The van der Waals surface area contributed by atoms with Crippen LogP contribution in [0.1, 0.15) is 25.7 Å². The predicted octanol–water partition coefficient (Wildman–Crippen LogP) is 2.98. The largest absolute Gasteiger partial charge is 0.464 e. The Morgan fingerprint density at radius 1 is 1.14 bits per heavy atom. The van der Waals surface area contributed by atoms with Gasteiger partial charge < -0.3 is 4.42 Å². The lowest BCUT2D eigenvalue weighted by atomic mass is 9.75. The molecule has 3 fully saturated rings. The first-order valence-corrected chi connectivity index (χ1v) is 8.02. The molecule has 0 aliphatic carbocycles. The van der Waals surface area contributed by atoms with Gasteiger partial charge in [-0.1, -0.05) is 5.21 Å². The molecular formula is C17H16N4O. The van der Waals surface area contributed by atoms with Crippen LogP contribution in [0.2, 0.25) is 0 Å². The molecule has 2 atom stereocenters. The highest BCUT2D eigenvalue weighted by atomic mass is 16.3. The van der Waals surface area contributed by atoms with Crippen LogP contribution in [0.15, 0.2) is 41.1 Å². The maximum Gasteiger partial charge on any atom is 0.133 e. The molecule has 1 aromatic carbocycles. The van der Waals surface area contributed by atoms with Crippen molar-refractivity contribution in [1.29, 1.82) is 0 Å². The molecule has 5 heteroatoms. The number of rotatable bonds is 2. The monoisotopic (exact) mass is 292 g/mol. The summed E-state index contributed by atoms with van der Waals surface area (Å²) in [6, 6.07) is 9.76. The van der Waals surface area contributed by atoms with E-state index in [1.54, 1.807) is 6.26 Å². The first-order valence-electron chi connectivity index (χ1n) is 8.02. The third-order valence-electron chi connectivity index (χ3n) is 5.89. The standard InChI is InChI=1S/C17H16N4O/c1-4-16-12(5-6-22-16)7-11(1)15-10-20(19-18-15)17-8-13-2-3-14(9-17)21(13)17/h1,4-7,10,13-14H,2-3,8-9H2. The molecule has 0 spiro atoms. The Hall–Kier alpha value is -2.14. The molecule has 110 valence electrons. The number of aromatic nitrogens is 3. The summed E-state index contributed by atoms with van der Waals surface area (Å²) in [7, 11) is 0. The molecule has 0 bridgehead atoms. The summed E-state index contributed by atoms with van der Waals surface area (Å²) in [5.74, 6) is 0. The molecule has 5 nitrogen and oxygen atoms in total. The second kappa shape index (κ2) is 3.60. The van der Waals surface area contributed by atoms with Gasteiger partial charge in [-0.2, -0.15) is 0 Å². The molecule has 0 saturated carbocycles. The lowest BCUT2D eigenvalue weighted by Crippen LogP contribution is -2.75. The van der Waals surface area contributed by atoms with E-state index in [4.69, 9.17) is 4.42 Å². The smallest absolute Gasteiger partial charge is 0.133 e. The summed E-state index contributed by atoms with van der Waals surface area (Å²) < 4.78 is 7.51. The van der Waals surface area contributed by atoms with Gasteiger partial charge in [-0.25, -0.2) is 4.68 Å². The van der Waals surface area contributed by atoms with Crippen molar-refractivity contribution < 1.29 is 4.42 Å². The van der Waals surface area contributed by atoms with Gasteiger partial charge in [0.2, 0.25) is 0 Å². The van der Waals surface area contributed by atoms with Crippen LogP contribution in [0.3, 0.4) is 0 Å². The van der Waals surface area contributed by atoms with Crippen LogP contribution in [0.25, 0.3) is 22.2 Å². The van der Waals surface area contributed by atoms with Crippen molar-refractivity contribution in [1.82, 2.24) is 19.9 Å². The van der Waals surface area contributed by atoms with Crippen LogP contribution in [-0.2, 0) is 5.66 Å². The van der Waals surface area contributed by atoms with Crippen LogP contribution in [0, 0.1) is 0 Å². The maximum atomic E-state index is 5.40. The summed E-state index contributed by atoms with van der Waals surface area (Å²) in [5.41, 5.74) is 3.11. The fourth-order valence-electron chi connectivity index (χ4n) is 4.90. The summed E-state index contributed by atoms with van der Waals surface area (Å²) in [5, 5.41) is 9.98. The minimum absolute atomic E-state index is 0.150. The van der Waals surface area contributed by atoms with E-state index in [0.717, 1.165) is 34.3 Å². The predicted molar refractivity (Wildman–Crippen MR) is 81.1 cm³/mol. The second-order valence-electron chi connectivity index (χ2n) is 6.90. The van der Waals surface area contributed by atoms with E-state index in [1.807, 2.05) is 12.1 Å². The Balaban J connectivity index is 1.39. The minimum atomic E-state index is 0.150. The molecule has 6 rings (SSSR count). The Morgan fingerprint density at radius 2 is 2.00 bits per heavy atom. The van der Waals surface area contributed by atoms with E-state index in [0.29, 0.717) is 0 Å². The van der Waals surface area contributed by atoms with Crippen molar-refractivity contribution >= 4 is 11.0 Å². The summed E-state index contributed by atoms with van der Waals surface area (Å²) in [4.78, 5) is 2.66. The molecule has 0 amide bonds. The summed E-state index contributed by atoms with van der Waals surface area (Å²) in [6.45, 7) is 0. The van der Waals surface area contributed by atoms with E-state index < -0.39 is 0 Å². The Kier molecular flexibility index (Phi) is 1.87. The summed E-state index contributed by atoms with van der Waals surface area (Å²) >= 11 is 0. The van der Waals surface area contributed by atoms with Gasteiger partial charge in [0.15, 0.2) is 0 Å². The van der Waals surface area contributed by atoms with Gasteiger partial charge in [0.05, 0.1) is 12.5 Å². The molecule has 0 N–H and O–H groups in total. The highest BCUT2D eigenvalue weighted by Crippen LogP contribution is 2.60. The van der Waals surface area contributed by atoms with Crippen LogP contribution in [0.5, 0.6) is 0 Å². The van der Waals surface area contributed by atoms with Crippen LogP contribution >= 0.6 is 0 Å². The van der Waals surface area contributed by atoms with Gasteiger partial charge >= 0.3 is 0 Å². The molecule has 5 heterocycles. The molecule has 3 saturated heterocycles. The third kappa shape index (κ3) is 1.21. The third-order valence-corrected chi connectivity index (χ3v) is 5.89. The van der Waals surface area contributed by atoms with Crippen LogP contribution < -0.4 is 0 Å². The van der Waals surface area contributed by atoms with Crippen LogP contribution in [-0.4, -0.2) is 32.0 Å². The first-order chi connectivity index (χ1) is 10.8. The Labute approximate surface area is 127 Å². The highest BCUT2D eigenvalue weighted by molar-refractivity contribution is 5.82.